The maximum absolute atomic E-state index is 2.50. The average Bonchev–Trinajstić information content (AvgIpc) is 2.52. The molecule has 0 heteroatoms. The highest BCUT2D eigenvalue weighted by atomic mass is 14.0. The molecule has 0 nitrogen and oxygen atoms in total. The Morgan fingerprint density at radius 3 is 1.45 bits per heavy atom. The van der Waals surface area contributed by atoms with Gasteiger partial charge in [-0.05, 0) is 32.6 Å². The van der Waals surface area contributed by atoms with Crippen LogP contribution in [0.25, 0.3) is 0 Å². The minimum Gasteiger partial charge on any atom is -0.0856 e. The molecule has 0 unspecified atom stereocenters. The van der Waals surface area contributed by atoms with Crippen LogP contribution in [0.4, 0.5) is 0 Å². The predicted octanol–water partition coefficient (Wildman–Crippen LogP) is 8.60. The summed E-state index contributed by atoms with van der Waals surface area (Å²) in [5.41, 5.74) is 1.63. The van der Waals surface area contributed by atoms with Crippen LogP contribution in [0.5, 0.6) is 0 Å². The lowest BCUT2D eigenvalue weighted by molar-refractivity contribution is 0.557. The summed E-state index contributed by atoms with van der Waals surface area (Å²) in [6.45, 7) is 6.91. The highest BCUT2D eigenvalue weighted by molar-refractivity contribution is 4.97. The van der Waals surface area contributed by atoms with Gasteiger partial charge in [0.1, 0.15) is 0 Å². The summed E-state index contributed by atoms with van der Waals surface area (Å²) in [5, 5.41) is 0. The first-order valence-corrected chi connectivity index (χ1v) is 10.5. The van der Waals surface area contributed by atoms with Crippen molar-refractivity contribution >= 4 is 0 Å². The molecule has 0 saturated carbocycles. The lowest BCUT2D eigenvalue weighted by Crippen LogP contribution is -1.83. The molecule has 0 amide bonds. The molecule has 0 radical (unpaired) electrons. The Morgan fingerprint density at radius 2 is 0.955 bits per heavy atom. The molecular weight excluding hydrogens is 264 g/mol. The van der Waals surface area contributed by atoms with Crippen LogP contribution in [-0.4, -0.2) is 0 Å². The summed E-state index contributed by atoms with van der Waals surface area (Å²) < 4.78 is 0. The SMILES string of the molecule is CCCCCCCCCCCC/C=C(\C)CCCCCCC. The first-order valence-electron chi connectivity index (χ1n) is 10.5. The summed E-state index contributed by atoms with van der Waals surface area (Å²) in [7, 11) is 0. The molecule has 0 aromatic carbocycles. The van der Waals surface area contributed by atoms with E-state index in [0.29, 0.717) is 0 Å². The molecule has 0 aromatic rings. The lowest BCUT2D eigenvalue weighted by Gasteiger charge is -2.03. The molecule has 0 N–H and O–H groups in total. The van der Waals surface area contributed by atoms with Gasteiger partial charge < -0.3 is 0 Å². The third kappa shape index (κ3) is 17.8. The maximum atomic E-state index is 2.50. The quantitative estimate of drug-likeness (QED) is 0.186. The first-order chi connectivity index (χ1) is 10.8. The van der Waals surface area contributed by atoms with E-state index >= 15 is 0 Å². The number of rotatable bonds is 17. The van der Waals surface area contributed by atoms with E-state index in [9.17, 15) is 0 Å². The molecule has 0 aliphatic heterocycles. The largest absolute Gasteiger partial charge is 0.0856 e. The fraction of sp³-hybridized carbons (Fsp3) is 0.909. The van der Waals surface area contributed by atoms with Crippen molar-refractivity contribution in [3.8, 4) is 0 Å². The summed E-state index contributed by atoms with van der Waals surface area (Å²) >= 11 is 0. The standard InChI is InChI=1S/C22H44/c1-4-6-8-10-11-12-13-14-15-17-19-21-22(3)20-18-16-9-7-5-2/h21H,4-20H2,1-3H3/b22-21+. The zero-order chi connectivity index (χ0) is 16.3. The van der Waals surface area contributed by atoms with Crippen molar-refractivity contribution in [3.05, 3.63) is 11.6 Å². The molecule has 0 aliphatic carbocycles. The van der Waals surface area contributed by atoms with E-state index in [1.165, 1.54) is 109 Å². The minimum atomic E-state index is 1.32. The van der Waals surface area contributed by atoms with E-state index in [2.05, 4.69) is 26.8 Å². The van der Waals surface area contributed by atoms with Gasteiger partial charge in [0, 0.05) is 0 Å². The van der Waals surface area contributed by atoms with Gasteiger partial charge in [-0.1, -0.05) is 109 Å². The number of hydrogen-bond acceptors (Lipinski definition) is 0. The van der Waals surface area contributed by atoms with Crippen molar-refractivity contribution in [3.63, 3.8) is 0 Å². The zero-order valence-corrected chi connectivity index (χ0v) is 16.1. The molecule has 0 fully saturated rings. The molecule has 0 aromatic heterocycles. The molecule has 132 valence electrons. The Hall–Kier alpha value is -0.260. The van der Waals surface area contributed by atoms with Gasteiger partial charge in [-0.15, -0.1) is 0 Å². The van der Waals surface area contributed by atoms with Crippen LogP contribution in [-0.2, 0) is 0 Å². The second-order valence-electron chi connectivity index (χ2n) is 7.19. The van der Waals surface area contributed by atoms with Gasteiger partial charge in [0.25, 0.3) is 0 Å². The summed E-state index contributed by atoms with van der Waals surface area (Å²) in [6, 6.07) is 0. The normalized spacial score (nSPS) is 12.0. The van der Waals surface area contributed by atoms with Crippen LogP contribution in [0, 0.1) is 0 Å². The number of unbranched alkanes of at least 4 members (excludes halogenated alkanes) is 14. The second-order valence-corrected chi connectivity index (χ2v) is 7.19. The highest BCUT2D eigenvalue weighted by Crippen LogP contribution is 2.14. The van der Waals surface area contributed by atoms with Crippen LogP contribution in [0.3, 0.4) is 0 Å². The van der Waals surface area contributed by atoms with Gasteiger partial charge >= 0.3 is 0 Å². The summed E-state index contributed by atoms with van der Waals surface area (Å²) in [5.74, 6) is 0. The average molecular weight is 309 g/mol. The fourth-order valence-electron chi connectivity index (χ4n) is 3.09. The minimum absolute atomic E-state index is 1.32. The summed E-state index contributed by atoms with van der Waals surface area (Å²) in [6.07, 6.45) is 26.6. The van der Waals surface area contributed by atoms with E-state index < -0.39 is 0 Å². The fourth-order valence-corrected chi connectivity index (χ4v) is 3.09. The topological polar surface area (TPSA) is 0 Å². The van der Waals surface area contributed by atoms with Crippen LogP contribution in [0.1, 0.15) is 130 Å². The lowest BCUT2D eigenvalue weighted by atomic mass is 10.0. The van der Waals surface area contributed by atoms with Crippen LogP contribution < -0.4 is 0 Å². The Labute approximate surface area is 142 Å². The third-order valence-electron chi connectivity index (χ3n) is 4.73. The Morgan fingerprint density at radius 1 is 0.545 bits per heavy atom. The monoisotopic (exact) mass is 308 g/mol. The van der Waals surface area contributed by atoms with Crippen molar-refractivity contribution in [1.82, 2.24) is 0 Å². The smallest absolute Gasteiger partial charge is 0.0323 e. The van der Waals surface area contributed by atoms with Gasteiger partial charge in [-0.2, -0.15) is 0 Å². The van der Waals surface area contributed by atoms with E-state index in [-0.39, 0.29) is 0 Å². The second kappa shape index (κ2) is 18.8. The first kappa shape index (κ1) is 21.7. The molecule has 0 atom stereocenters. The molecule has 0 aliphatic rings. The van der Waals surface area contributed by atoms with E-state index in [1.54, 1.807) is 5.57 Å². The van der Waals surface area contributed by atoms with E-state index in [1.807, 2.05) is 0 Å². The van der Waals surface area contributed by atoms with Crippen molar-refractivity contribution in [1.29, 1.82) is 0 Å². The van der Waals surface area contributed by atoms with Crippen LogP contribution in [0.2, 0.25) is 0 Å². The molecule has 22 heavy (non-hydrogen) atoms. The van der Waals surface area contributed by atoms with Crippen molar-refractivity contribution in [2.75, 3.05) is 0 Å². The zero-order valence-electron chi connectivity index (χ0n) is 16.1. The Balaban J connectivity index is 3.21. The van der Waals surface area contributed by atoms with Gasteiger partial charge in [0.2, 0.25) is 0 Å². The highest BCUT2D eigenvalue weighted by Gasteiger charge is 1.94. The molecule has 0 saturated heterocycles. The van der Waals surface area contributed by atoms with Crippen molar-refractivity contribution in [2.45, 2.75) is 130 Å². The van der Waals surface area contributed by atoms with E-state index in [0.717, 1.165) is 0 Å². The Kier molecular flexibility index (Phi) is 18.6. The predicted molar refractivity (Wildman–Crippen MR) is 104 cm³/mol. The maximum Gasteiger partial charge on any atom is -0.0323 e. The van der Waals surface area contributed by atoms with Gasteiger partial charge in [0.15, 0.2) is 0 Å². The molecule has 0 spiro atoms. The molecule has 0 rings (SSSR count). The van der Waals surface area contributed by atoms with Crippen molar-refractivity contribution < 1.29 is 0 Å². The number of allylic oxidation sites excluding steroid dienone is 2. The van der Waals surface area contributed by atoms with Crippen LogP contribution >= 0.6 is 0 Å². The third-order valence-corrected chi connectivity index (χ3v) is 4.73. The molecule has 0 bridgehead atoms. The van der Waals surface area contributed by atoms with E-state index in [4.69, 9.17) is 0 Å². The van der Waals surface area contributed by atoms with Crippen LogP contribution in [0.15, 0.2) is 11.6 Å². The number of hydrogen-bond donors (Lipinski definition) is 0. The van der Waals surface area contributed by atoms with Gasteiger partial charge in [-0.25, -0.2) is 0 Å². The van der Waals surface area contributed by atoms with Crippen molar-refractivity contribution in [2.24, 2.45) is 0 Å². The van der Waals surface area contributed by atoms with Gasteiger partial charge in [0.05, 0.1) is 0 Å². The molecular formula is C22H44. The Bertz CT molecular complexity index is 226. The van der Waals surface area contributed by atoms with Gasteiger partial charge in [-0.3, -0.25) is 0 Å². The summed E-state index contributed by atoms with van der Waals surface area (Å²) in [4.78, 5) is 0. The molecule has 0 heterocycles.